The highest BCUT2D eigenvalue weighted by atomic mass is 35.5. The summed E-state index contributed by atoms with van der Waals surface area (Å²) < 4.78 is 8.18. The second-order valence-corrected chi connectivity index (χ2v) is 9.94. The Morgan fingerprint density at radius 3 is 2.70 bits per heavy atom. The van der Waals surface area contributed by atoms with Crippen molar-refractivity contribution in [2.75, 3.05) is 0 Å². The Bertz CT molecular complexity index is 1130. The molecule has 0 aliphatic heterocycles. The predicted molar refractivity (Wildman–Crippen MR) is 120 cm³/mol. The number of thioether (sulfide) groups is 1. The molecule has 0 spiro atoms. The number of nitrogens with zero attached hydrogens (tertiary/aromatic N) is 5. The van der Waals surface area contributed by atoms with Crippen molar-refractivity contribution in [2.24, 2.45) is 0 Å². The van der Waals surface area contributed by atoms with E-state index in [0.29, 0.717) is 22.8 Å². The standard InChI is InChI=1S/C21H20ClN5OS2/c1-13(19-24-25-20(28-19)17-11-6-12-29-17)30-21-26-23-18(15-9-4-5-10-16(15)22)27(21)14-7-2-3-8-14/h4-6,9-14H,2-3,7-8H2,1H3/t13-/m0/s1. The van der Waals surface area contributed by atoms with E-state index in [9.17, 15) is 0 Å². The number of benzene rings is 1. The van der Waals surface area contributed by atoms with Crippen molar-refractivity contribution < 1.29 is 4.42 Å². The topological polar surface area (TPSA) is 69.6 Å². The van der Waals surface area contributed by atoms with Crippen LogP contribution >= 0.6 is 34.7 Å². The SMILES string of the molecule is C[C@H](Sc1nnc(-c2ccccc2Cl)n1C1CCCC1)c1nnc(-c2cccs2)o1. The van der Waals surface area contributed by atoms with Crippen LogP contribution in [0.25, 0.3) is 22.2 Å². The van der Waals surface area contributed by atoms with E-state index in [1.54, 1.807) is 23.1 Å². The molecular formula is C21H20ClN5OS2. The van der Waals surface area contributed by atoms with Gasteiger partial charge in [0.05, 0.1) is 15.1 Å². The highest BCUT2D eigenvalue weighted by Gasteiger charge is 2.28. The molecule has 1 saturated carbocycles. The number of aromatic nitrogens is 5. The summed E-state index contributed by atoms with van der Waals surface area (Å²) in [6.45, 7) is 2.05. The van der Waals surface area contributed by atoms with Crippen molar-refractivity contribution in [3.63, 3.8) is 0 Å². The van der Waals surface area contributed by atoms with Crippen LogP contribution in [0.2, 0.25) is 5.02 Å². The molecule has 5 rings (SSSR count). The van der Waals surface area contributed by atoms with Crippen LogP contribution in [0.1, 0.15) is 49.8 Å². The van der Waals surface area contributed by atoms with Gasteiger partial charge in [-0.1, -0.05) is 54.4 Å². The molecule has 6 nitrogen and oxygen atoms in total. The molecule has 154 valence electrons. The van der Waals surface area contributed by atoms with Crippen LogP contribution in [0.4, 0.5) is 0 Å². The van der Waals surface area contributed by atoms with E-state index < -0.39 is 0 Å². The van der Waals surface area contributed by atoms with Gasteiger partial charge in [0.2, 0.25) is 5.89 Å². The first-order valence-corrected chi connectivity index (χ1v) is 12.1. The zero-order valence-electron chi connectivity index (χ0n) is 16.4. The highest BCUT2D eigenvalue weighted by molar-refractivity contribution is 7.99. The Kier molecular flexibility index (Phi) is 5.62. The minimum atomic E-state index is -0.0466. The second-order valence-electron chi connectivity index (χ2n) is 7.28. The quantitative estimate of drug-likeness (QED) is 0.301. The van der Waals surface area contributed by atoms with E-state index in [1.165, 1.54) is 12.8 Å². The zero-order chi connectivity index (χ0) is 20.5. The summed E-state index contributed by atoms with van der Waals surface area (Å²) in [5, 5.41) is 21.0. The van der Waals surface area contributed by atoms with Crippen LogP contribution in [-0.4, -0.2) is 25.0 Å². The number of thiophene rings is 1. The highest BCUT2D eigenvalue weighted by Crippen LogP contribution is 2.42. The van der Waals surface area contributed by atoms with Gasteiger partial charge in [0.15, 0.2) is 11.0 Å². The van der Waals surface area contributed by atoms with Crippen LogP contribution in [0, 0.1) is 0 Å². The summed E-state index contributed by atoms with van der Waals surface area (Å²) in [6, 6.07) is 12.1. The van der Waals surface area contributed by atoms with Crippen molar-refractivity contribution in [3.05, 3.63) is 52.7 Å². The van der Waals surface area contributed by atoms with Gasteiger partial charge in [-0.3, -0.25) is 4.57 Å². The van der Waals surface area contributed by atoms with Gasteiger partial charge in [-0.25, -0.2) is 0 Å². The lowest BCUT2D eigenvalue weighted by atomic mass is 10.2. The summed E-state index contributed by atoms with van der Waals surface area (Å²) in [6.07, 6.45) is 4.69. The average Bonchev–Trinajstić information content (AvgIpc) is 3.55. The summed E-state index contributed by atoms with van der Waals surface area (Å²) >= 11 is 9.66. The van der Waals surface area contributed by atoms with E-state index in [0.717, 1.165) is 34.3 Å². The van der Waals surface area contributed by atoms with Gasteiger partial charge in [-0.15, -0.1) is 31.7 Å². The smallest absolute Gasteiger partial charge is 0.257 e. The van der Waals surface area contributed by atoms with Crippen molar-refractivity contribution in [3.8, 4) is 22.2 Å². The molecule has 0 unspecified atom stereocenters. The predicted octanol–water partition coefficient (Wildman–Crippen LogP) is 6.68. The lowest BCUT2D eigenvalue weighted by Gasteiger charge is -2.18. The van der Waals surface area contributed by atoms with Gasteiger partial charge < -0.3 is 4.42 Å². The molecule has 0 saturated heterocycles. The van der Waals surface area contributed by atoms with Crippen LogP contribution in [-0.2, 0) is 0 Å². The fraction of sp³-hybridized carbons (Fsp3) is 0.333. The molecule has 1 atom stereocenters. The average molecular weight is 458 g/mol. The summed E-state index contributed by atoms with van der Waals surface area (Å²) in [4.78, 5) is 0.973. The van der Waals surface area contributed by atoms with Crippen molar-refractivity contribution in [1.82, 2.24) is 25.0 Å². The largest absolute Gasteiger partial charge is 0.419 e. The summed E-state index contributed by atoms with van der Waals surface area (Å²) in [7, 11) is 0. The van der Waals surface area contributed by atoms with Gasteiger partial charge in [0.25, 0.3) is 5.89 Å². The lowest BCUT2D eigenvalue weighted by Crippen LogP contribution is -2.09. The third-order valence-corrected chi connectivity index (χ3v) is 7.50. The maximum absolute atomic E-state index is 6.48. The fourth-order valence-corrected chi connectivity index (χ4v) is 5.60. The summed E-state index contributed by atoms with van der Waals surface area (Å²) in [5.74, 6) is 1.97. The molecule has 3 heterocycles. The number of hydrogen-bond donors (Lipinski definition) is 0. The van der Waals surface area contributed by atoms with Gasteiger partial charge in [0, 0.05) is 11.6 Å². The Morgan fingerprint density at radius 1 is 1.10 bits per heavy atom. The molecule has 9 heteroatoms. The lowest BCUT2D eigenvalue weighted by molar-refractivity contribution is 0.482. The van der Waals surface area contributed by atoms with Crippen LogP contribution < -0.4 is 0 Å². The maximum Gasteiger partial charge on any atom is 0.257 e. The second kappa shape index (κ2) is 8.53. The molecular weight excluding hydrogens is 438 g/mol. The molecule has 1 fully saturated rings. The van der Waals surface area contributed by atoms with Gasteiger partial charge in [-0.2, -0.15) is 0 Å². The van der Waals surface area contributed by atoms with E-state index in [-0.39, 0.29) is 5.25 Å². The first kappa shape index (κ1) is 19.8. The van der Waals surface area contributed by atoms with E-state index >= 15 is 0 Å². The summed E-state index contributed by atoms with van der Waals surface area (Å²) in [5.41, 5.74) is 0.913. The van der Waals surface area contributed by atoms with Gasteiger partial charge >= 0.3 is 0 Å². The Morgan fingerprint density at radius 2 is 1.93 bits per heavy atom. The molecule has 1 aromatic carbocycles. The number of rotatable bonds is 6. The Hall–Kier alpha value is -2.16. The normalized spacial score (nSPS) is 15.7. The van der Waals surface area contributed by atoms with Crippen LogP contribution in [0.5, 0.6) is 0 Å². The van der Waals surface area contributed by atoms with Crippen molar-refractivity contribution in [1.29, 1.82) is 0 Å². The maximum atomic E-state index is 6.48. The Balaban J connectivity index is 1.46. The molecule has 0 N–H and O–H groups in total. The number of hydrogen-bond acceptors (Lipinski definition) is 7. The van der Waals surface area contributed by atoms with E-state index in [4.69, 9.17) is 16.0 Å². The zero-order valence-corrected chi connectivity index (χ0v) is 18.8. The number of halogens is 1. The molecule has 4 aromatic rings. The van der Waals surface area contributed by atoms with E-state index in [2.05, 4.69) is 31.9 Å². The van der Waals surface area contributed by atoms with Crippen molar-refractivity contribution in [2.45, 2.75) is 49.1 Å². The molecule has 1 aliphatic rings. The fourth-order valence-electron chi connectivity index (χ4n) is 3.78. The molecule has 0 radical (unpaired) electrons. The molecule has 0 amide bonds. The molecule has 0 bridgehead atoms. The van der Waals surface area contributed by atoms with Crippen molar-refractivity contribution >= 4 is 34.7 Å². The first-order chi connectivity index (χ1) is 14.7. The minimum Gasteiger partial charge on any atom is -0.419 e. The van der Waals surface area contributed by atoms with Crippen LogP contribution in [0.3, 0.4) is 0 Å². The van der Waals surface area contributed by atoms with Crippen LogP contribution in [0.15, 0.2) is 51.4 Å². The van der Waals surface area contributed by atoms with Gasteiger partial charge in [-0.05, 0) is 43.3 Å². The third kappa shape index (κ3) is 3.79. The third-order valence-electron chi connectivity index (χ3n) is 5.27. The first-order valence-electron chi connectivity index (χ1n) is 9.94. The van der Waals surface area contributed by atoms with Gasteiger partial charge in [0.1, 0.15) is 0 Å². The minimum absolute atomic E-state index is 0.0466. The molecule has 30 heavy (non-hydrogen) atoms. The monoisotopic (exact) mass is 457 g/mol. The molecule has 3 aromatic heterocycles. The van der Waals surface area contributed by atoms with E-state index in [1.807, 2.05) is 41.8 Å². The molecule has 1 aliphatic carbocycles. The Labute approximate surface area is 187 Å².